The number of hydrogen-bond acceptors (Lipinski definition) is 3. The minimum atomic E-state index is -1.05. The van der Waals surface area contributed by atoms with E-state index < -0.39 is 5.97 Å². The SMILES string of the molecule is Cc1c(Br)cnc2nc(C(=O)O)cn12. The molecule has 2 rings (SSSR count). The molecule has 0 aliphatic carbocycles. The van der Waals surface area contributed by atoms with Crippen molar-refractivity contribution in [2.45, 2.75) is 6.92 Å². The lowest BCUT2D eigenvalue weighted by Crippen LogP contribution is -1.95. The van der Waals surface area contributed by atoms with E-state index in [9.17, 15) is 4.79 Å². The fraction of sp³-hybridized carbons (Fsp3) is 0.125. The number of aryl methyl sites for hydroxylation is 1. The van der Waals surface area contributed by atoms with Gasteiger partial charge in [-0.3, -0.25) is 4.40 Å². The first kappa shape index (κ1) is 9.14. The summed E-state index contributed by atoms with van der Waals surface area (Å²) in [7, 11) is 0. The van der Waals surface area contributed by atoms with Gasteiger partial charge in [0, 0.05) is 18.1 Å². The highest BCUT2D eigenvalue weighted by atomic mass is 79.9. The van der Waals surface area contributed by atoms with Gasteiger partial charge in [0.1, 0.15) is 0 Å². The van der Waals surface area contributed by atoms with Crippen LogP contribution < -0.4 is 0 Å². The molecule has 0 radical (unpaired) electrons. The number of fused-ring (bicyclic) bond motifs is 1. The van der Waals surface area contributed by atoms with Crippen LogP contribution in [0.5, 0.6) is 0 Å². The van der Waals surface area contributed by atoms with Crippen LogP contribution in [0.4, 0.5) is 0 Å². The number of aromatic nitrogens is 3. The Morgan fingerprint density at radius 3 is 3.00 bits per heavy atom. The van der Waals surface area contributed by atoms with Gasteiger partial charge in [-0.1, -0.05) is 0 Å². The molecule has 2 aromatic rings. The second kappa shape index (κ2) is 3.06. The first-order chi connectivity index (χ1) is 6.59. The van der Waals surface area contributed by atoms with E-state index >= 15 is 0 Å². The summed E-state index contributed by atoms with van der Waals surface area (Å²) >= 11 is 3.30. The fourth-order valence-electron chi connectivity index (χ4n) is 1.13. The molecular weight excluding hydrogens is 250 g/mol. The van der Waals surface area contributed by atoms with Crippen LogP contribution in [0.3, 0.4) is 0 Å². The van der Waals surface area contributed by atoms with Gasteiger partial charge < -0.3 is 5.11 Å². The average Bonchev–Trinajstić information content (AvgIpc) is 2.56. The maximum absolute atomic E-state index is 10.7. The number of aromatic carboxylic acids is 1. The third-order valence-corrected chi connectivity index (χ3v) is 2.69. The number of imidazole rings is 1. The standard InChI is InChI=1S/C8H6BrN3O2/c1-4-5(9)2-10-8-11-6(7(13)14)3-12(4)8/h2-3H,1H3,(H,13,14). The molecular formula is C8H6BrN3O2. The van der Waals surface area contributed by atoms with Gasteiger partial charge in [-0.05, 0) is 22.9 Å². The summed E-state index contributed by atoms with van der Waals surface area (Å²) in [5, 5.41) is 8.73. The van der Waals surface area contributed by atoms with E-state index in [4.69, 9.17) is 5.11 Å². The van der Waals surface area contributed by atoms with Crippen LogP contribution in [-0.2, 0) is 0 Å². The van der Waals surface area contributed by atoms with Crippen molar-refractivity contribution in [3.05, 3.63) is 28.3 Å². The Balaban J connectivity index is 2.77. The van der Waals surface area contributed by atoms with Gasteiger partial charge in [0.2, 0.25) is 5.78 Å². The molecule has 0 saturated heterocycles. The van der Waals surface area contributed by atoms with Crippen LogP contribution in [0.1, 0.15) is 16.2 Å². The largest absolute Gasteiger partial charge is 0.476 e. The number of rotatable bonds is 1. The highest BCUT2D eigenvalue weighted by molar-refractivity contribution is 9.10. The van der Waals surface area contributed by atoms with Crippen LogP contribution in [0.2, 0.25) is 0 Å². The van der Waals surface area contributed by atoms with Gasteiger partial charge in [-0.2, -0.15) is 0 Å². The number of hydrogen-bond donors (Lipinski definition) is 1. The lowest BCUT2D eigenvalue weighted by Gasteiger charge is -1.99. The predicted octanol–water partition coefficient (Wildman–Crippen LogP) is 1.50. The Bertz CT molecular complexity index is 521. The van der Waals surface area contributed by atoms with Crippen molar-refractivity contribution in [1.29, 1.82) is 0 Å². The monoisotopic (exact) mass is 255 g/mol. The molecule has 0 aliphatic rings. The van der Waals surface area contributed by atoms with Crippen molar-refractivity contribution in [2.24, 2.45) is 0 Å². The zero-order valence-electron chi connectivity index (χ0n) is 7.23. The maximum atomic E-state index is 10.7. The predicted molar refractivity (Wildman–Crippen MR) is 52.4 cm³/mol. The summed E-state index contributed by atoms with van der Waals surface area (Å²) in [5.41, 5.74) is 0.869. The molecule has 72 valence electrons. The Hall–Kier alpha value is -1.43. The van der Waals surface area contributed by atoms with Crippen molar-refractivity contribution in [1.82, 2.24) is 14.4 Å². The van der Waals surface area contributed by atoms with E-state index in [2.05, 4.69) is 25.9 Å². The topological polar surface area (TPSA) is 67.5 Å². The van der Waals surface area contributed by atoms with E-state index in [1.54, 1.807) is 10.6 Å². The molecule has 0 saturated carbocycles. The maximum Gasteiger partial charge on any atom is 0.356 e. The number of carbonyl (C=O) groups is 1. The van der Waals surface area contributed by atoms with Gasteiger partial charge in [-0.15, -0.1) is 0 Å². The molecule has 0 aliphatic heterocycles. The summed E-state index contributed by atoms with van der Waals surface area (Å²) in [6.07, 6.45) is 3.05. The second-order valence-electron chi connectivity index (χ2n) is 2.79. The van der Waals surface area contributed by atoms with E-state index in [0.29, 0.717) is 5.78 Å². The van der Waals surface area contributed by atoms with E-state index in [1.807, 2.05) is 6.92 Å². The summed E-state index contributed by atoms with van der Waals surface area (Å²) in [4.78, 5) is 18.5. The highest BCUT2D eigenvalue weighted by Gasteiger charge is 2.11. The van der Waals surface area contributed by atoms with E-state index in [0.717, 1.165) is 10.2 Å². The molecule has 5 nitrogen and oxygen atoms in total. The summed E-state index contributed by atoms with van der Waals surface area (Å²) < 4.78 is 2.45. The Morgan fingerprint density at radius 2 is 2.36 bits per heavy atom. The zero-order valence-corrected chi connectivity index (χ0v) is 8.82. The molecule has 0 amide bonds. The molecule has 6 heteroatoms. The molecule has 0 spiro atoms. The molecule has 2 aromatic heterocycles. The summed E-state index contributed by atoms with van der Waals surface area (Å²) in [5.74, 6) is -0.658. The van der Waals surface area contributed by atoms with Gasteiger partial charge in [0.15, 0.2) is 5.69 Å². The van der Waals surface area contributed by atoms with E-state index in [1.165, 1.54) is 6.20 Å². The van der Waals surface area contributed by atoms with E-state index in [-0.39, 0.29) is 5.69 Å². The first-order valence-corrected chi connectivity index (χ1v) is 4.62. The van der Waals surface area contributed by atoms with Crippen molar-refractivity contribution in [3.8, 4) is 0 Å². The van der Waals surface area contributed by atoms with Crippen molar-refractivity contribution in [2.75, 3.05) is 0 Å². The zero-order chi connectivity index (χ0) is 10.3. The second-order valence-corrected chi connectivity index (χ2v) is 3.65. The highest BCUT2D eigenvalue weighted by Crippen LogP contribution is 2.15. The molecule has 2 heterocycles. The Morgan fingerprint density at radius 1 is 1.64 bits per heavy atom. The van der Waals surface area contributed by atoms with Crippen LogP contribution in [0, 0.1) is 6.92 Å². The normalized spacial score (nSPS) is 10.7. The number of halogens is 1. The van der Waals surface area contributed by atoms with Crippen LogP contribution >= 0.6 is 15.9 Å². The smallest absolute Gasteiger partial charge is 0.356 e. The Kier molecular flexibility index (Phi) is 1.99. The minimum Gasteiger partial charge on any atom is -0.476 e. The number of nitrogens with zero attached hydrogens (tertiary/aromatic N) is 3. The molecule has 0 fully saturated rings. The Labute approximate surface area is 87.5 Å². The van der Waals surface area contributed by atoms with Gasteiger partial charge in [-0.25, -0.2) is 14.8 Å². The van der Waals surface area contributed by atoms with Gasteiger partial charge in [0.25, 0.3) is 0 Å². The van der Waals surface area contributed by atoms with Crippen molar-refractivity contribution >= 4 is 27.7 Å². The lowest BCUT2D eigenvalue weighted by molar-refractivity contribution is 0.0691. The van der Waals surface area contributed by atoms with Crippen LogP contribution in [0.15, 0.2) is 16.9 Å². The average molecular weight is 256 g/mol. The molecule has 0 atom stereocenters. The number of carboxylic acids is 1. The molecule has 0 unspecified atom stereocenters. The fourth-order valence-corrected chi connectivity index (χ4v) is 1.43. The summed E-state index contributed by atoms with van der Waals surface area (Å²) in [6.45, 7) is 1.85. The van der Waals surface area contributed by atoms with Gasteiger partial charge >= 0.3 is 5.97 Å². The quantitative estimate of drug-likeness (QED) is 0.839. The molecule has 14 heavy (non-hydrogen) atoms. The van der Waals surface area contributed by atoms with Gasteiger partial charge in [0.05, 0.1) is 4.47 Å². The summed E-state index contributed by atoms with van der Waals surface area (Å²) in [6, 6.07) is 0. The van der Waals surface area contributed by atoms with Crippen molar-refractivity contribution in [3.63, 3.8) is 0 Å². The minimum absolute atomic E-state index is 0.00120. The van der Waals surface area contributed by atoms with Crippen LogP contribution in [-0.4, -0.2) is 25.4 Å². The molecule has 0 bridgehead atoms. The van der Waals surface area contributed by atoms with Crippen LogP contribution in [0.25, 0.3) is 5.78 Å². The first-order valence-electron chi connectivity index (χ1n) is 3.83. The molecule has 0 aromatic carbocycles. The lowest BCUT2D eigenvalue weighted by atomic mass is 10.4. The molecule has 1 N–H and O–H groups in total. The third kappa shape index (κ3) is 1.27. The van der Waals surface area contributed by atoms with Crippen molar-refractivity contribution < 1.29 is 9.90 Å². The number of carboxylic acid groups (broad SMARTS) is 1. The third-order valence-electron chi connectivity index (χ3n) is 1.91.